The smallest absolute Gasteiger partial charge is 0.308 e. The Balaban J connectivity index is 1.66. The Hall–Kier alpha value is -2.12. The molecule has 1 aliphatic heterocycles. The van der Waals surface area contributed by atoms with Crippen molar-refractivity contribution < 1.29 is 23.9 Å². The molecule has 26 heavy (non-hydrogen) atoms. The fraction of sp³-hybridized carbons (Fsp3) is 0.500. The van der Waals surface area contributed by atoms with Crippen LogP contribution in [0.4, 0.5) is 0 Å². The number of halogens is 1. The number of nitrogens with one attached hydrogen (secondary N) is 1. The Labute approximate surface area is 157 Å². The van der Waals surface area contributed by atoms with Gasteiger partial charge in [-0.25, -0.2) is 0 Å². The second kappa shape index (κ2) is 9.54. The zero-order valence-corrected chi connectivity index (χ0v) is 15.6. The van der Waals surface area contributed by atoms with Crippen LogP contribution in [-0.2, 0) is 19.1 Å². The van der Waals surface area contributed by atoms with Crippen LogP contribution in [0, 0.1) is 0 Å². The Morgan fingerprint density at radius 1 is 1.19 bits per heavy atom. The molecule has 8 heteroatoms. The molecule has 0 aliphatic carbocycles. The van der Waals surface area contributed by atoms with Crippen molar-refractivity contribution >= 4 is 29.4 Å². The second-order valence-electron chi connectivity index (χ2n) is 6.23. The molecule has 1 N–H and O–H groups in total. The molecule has 0 saturated carbocycles. The predicted octanol–water partition coefficient (Wildman–Crippen LogP) is 1.64. The van der Waals surface area contributed by atoms with Gasteiger partial charge in [0.15, 0.2) is 6.61 Å². The minimum atomic E-state index is -0.538. The van der Waals surface area contributed by atoms with Gasteiger partial charge in [0.05, 0.1) is 18.6 Å². The zero-order chi connectivity index (χ0) is 19.1. The number of nitrogens with zero attached hydrogens (tertiary/aromatic N) is 1. The highest BCUT2D eigenvalue weighted by molar-refractivity contribution is 6.30. The van der Waals surface area contributed by atoms with Crippen LogP contribution in [0.2, 0.25) is 5.02 Å². The maximum absolute atomic E-state index is 12.1. The summed E-state index contributed by atoms with van der Waals surface area (Å²) in [4.78, 5) is 37.4. The van der Waals surface area contributed by atoms with E-state index in [0.29, 0.717) is 23.7 Å². The first-order valence-electron chi connectivity index (χ1n) is 8.47. The van der Waals surface area contributed by atoms with Gasteiger partial charge >= 0.3 is 5.97 Å². The normalized spacial score (nSPS) is 19.7. The number of amides is 2. The summed E-state index contributed by atoms with van der Waals surface area (Å²) in [5.74, 6) is -1.09. The third-order valence-corrected chi connectivity index (χ3v) is 4.10. The molecule has 2 atom stereocenters. The molecule has 1 fully saturated rings. The number of rotatable bonds is 6. The molecule has 1 aromatic carbocycles. The molecular weight excluding hydrogens is 360 g/mol. The highest BCUT2D eigenvalue weighted by atomic mass is 35.5. The van der Waals surface area contributed by atoms with Crippen molar-refractivity contribution in [3.8, 4) is 0 Å². The summed E-state index contributed by atoms with van der Waals surface area (Å²) in [7, 11) is 0. The van der Waals surface area contributed by atoms with E-state index in [4.69, 9.17) is 21.1 Å². The molecule has 0 radical (unpaired) electrons. The van der Waals surface area contributed by atoms with Crippen LogP contribution in [0.1, 0.15) is 30.6 Å². The van der Waals surface area contributed by atoms with E-state index < -0.39 is 5.97 Å². The summed E-state index contributed by atoms with van der Waals surface area (Å²) in [6.45, 7) is 4.58. The number of ether oxygens (including phenoxy) is 2. The van der Waals surface area contributed by atoms with Crippen LogP contribution in [-0.4, -0.2) is 61.1 Å². The summed E-state index contributed by atoms with van der Waals surface area (Å²) in [6.07, 6.45) is -0.0920. The maximum atomic E-state index is 12.1. The van der Waals surface area contributed by atoms with Gasteiger partial charge in [0.2, 0.25) is 0 Å². The molecule has 1 saturated heterocycles. The lowest BCUT2D eigenvalue weighted by molar-refractivity contribution is -0.157. The van der Waals surface area contributed by atoms with E-state index in [1.807, 2.05) is 13.8 Å². The Morgan fingerprint density at radius 2 is 1.81 bits per heavy atom. The minimum Gasteiger partial charge on any atom is -0.456 e. The van der Waals surface area contributed by atoms with Crippen LogP contribution < -0.4 is 5.32 Å². The number of morpholine rings is 1. The second-order valence-corrected chi connectivity index (χ2v) is 6.67. The largest absolute Gasteiger partial charge is 0.456 e. The summed E-state index contributed by atoms with van der Waals surface area (Å²) in [5, 5.41) is 3.16. The number of hydrogen-bond acceptors (Lipinski definition) is 5. The van der Waals surface area contributed by atoms with Gasteiger partial charge in [-0.15, -0.1) is 0 Å². The van der Waals surface area contributed by atoms with E-state index >= 15 is 0 Å². The molecule has 142 valence electrons. The molecule has 1 aromatic rings. The van der Waals surface area contributed by atoms with E-state index in [0.717, 1.165) is 0 Å². The van der Waals surface area contributed by atoms with Gasteiger partial charge in [-0.3, -0.25) is 14.4 Å². The average Bonchev–Trinajstić information content (AvgIpc) is 2.59. The van der Waals surface area contributed by atoms with Gasteiger partial charge in [0.1, 0.15) is 0 Å². The van der Waals surface area contributed by atoms with Gasteiger partial charge in [-0.1, -0.05) is 11.6 Å². The first kappa shape index (κ1) is 20.2. The third kappa shape index (κ3) is 6.31. The van der Waals surface area contributed by atoms with Crippen molar-refractivity contribution in [2.24, 2.45) is 0 Å². The molecule has 2 rings (SSSR count). The van der Waals surface area contributed by atoms with Crippen molar-refractivity contribution in [2.45, 2.75) is 32.5 Å². The highest BCUT2D eigenvalue weighted by Gasteiger charge is 2.26. The number of carbonyl (C=O) groups excluding carboxylic acids is 3. The van der Waals surface area contributed by atoms with Gasteiger partial charge in [0, 0.05) is 30.2 Å². The first-order valence-corrected chi connectivity index (χ1v) is 8.85. The lowest BCUT2D eigenvalue weighted by atomic mass is 10.2. The summed E-state index contributed by atoms with van der Waals surface area (Å²) < 4.78 is 10.6. The SMILES string of the molecule is C[C@@H]1CN(C(=O)COC(=O)CCNC(=O)c2ccc(Cl)cc2)C[C@@H](C)O1. The standard InChI is InChI=1S/C18H23ClN2O5/c1-12-9-21(10-13(2)26-12)16(22)11-25-17(23)7-8-20-18(24)14-3-5-15(19)6-4-14/h3-6,12-13H,7-11H2,1-2H3,(H,20,24)/t12-,13-/m1/s1. The van der Waals surface area contributed by atoms with Crippen molar-refractivity contribution in [1.29, 1.82) is 0 Å². The van der Waals surface area contributed by atoms with Crippen molar-refractivity contribution in [1.82, 2.24) is 10.2 Å². The topological polar surface area (TPSA) is 84.9 Å². The van der Waals surface area contributed by atoms with Crippen LogP contribution in [0.15, 0.2) is 24.3 Å². The monoisotopic (exact) mass is 382 g/mol. The Bertz CT molecular complexity index is 639. The number of benzene rings is 1. The highest BCUT2D eigenvalue weighted by Crippen LogP contribution is 2.11. The number of hydrogen-bond donors (Lipinski definition) is 1. The van der Waals surface area contributed by atoms with Crippen LogP contribution in [0.5, 0.6) is 0 Å². The molecule has 1 aliphatic rings. The molecule has 0 unspecified atom stereocenters. The molecular formula is C18H23ClN2O5. The van der Waals surface area contributed by atoms with E-state index in [9.17, 15) is 14.4 Å². The van der Waals surface area contributed by atoms with Crippen LogP contribution in [0.25, 0.3) is 0 Å². The first-order chi connectivity index (χ1) is 12.3. The fourth-order valence-electron chi connectivity index (χ4n) is 2.67. The summed E-state index contributed by atoms with van der Waals surface area (Å²) in [6, 6.07) is 6.42. The summed E-state index contributed by atoms with van der Waals surface area (Å²) in [5.41, 5.74) is 0.452. The molecule has 7 nitrogen and oxygen atoms in total. The summed E-state index contributed by atoms with van der Waals surface area (Å²) >= 11 is 5.76. The average molecular weight is 383 g/mol. The Kier molecular flexibility index (Phi) is 7.41. The molecule has 0 spiro atoms. The molecule has 2 amide bonds. The quantitative estimate of drug-likeness (QED) is 0.756. The van der Waals surface area contributed by atoms with Gasteiger partial charge < -0.3 is 19.7 Å². The Morgan fingerprint density at radius 3 is 2.42 bits per heavy atom. The molecule has 0 bridgehead atoms. The van der Waals surface area contributed by atoms with Crippen LogP contribution >= 0.6 is 11.6 Å². The van der Waals surface area contributed by atoms with E-state index in [1.54, 1.807) is 29.2 Å². The van der Waals surface area contributed by atoms with E-state index in [1.165, 1.54) is 0 Å². The van der Waals surface area contributed by atoms with E-state index in [-0.39, 0.29) is 43.6 Å². The third-order valence-electron chi connectivity index (χ3n) is 3.85. The van der Waals surface area contributed by atoms with Crippen molar-refractivity contribution in [3.63, 3.8) is 0 Å². The maximum Gasteiger partial charge on any atom is 0.308 e. The van der Waals surface area contributed by atoms with E-state index in [2.05, 4.69) is 5.32 Å². The van der Waals surface area contributed by atoms with Crippen molar-refractivity contribution in [2.75, 3.05) is 26.2 Å². The predicted molar refractivity (Wildman–Crippen MR) is 96.0 cm³/mol. The fourth-order valence-corrected chi connectivity index (χ4v) is 2.79. The molecule has 1 heterocycles. The van der Waals surface area contributed by atoms with Crippen LogP contribution in [0.3, 0.4) is 0 Å². The lowest BCUT2D eigenvalue weighted by Crippen LogP contribution is -2.49. The zero-order valence-electron chi connectivity index (χ0n) is 14.9. The number of esters is 1. The minimum absolute atomic E-state index is 0.0114. The van der Waals surface area contributed by atoms with Crippen molar-refractivity contribution in [3.05, 3.63) is 34.9 Å². The number of carbonyl (C=O) groups is 3. The lowest BCUT2D eigenvalue weighted by Gasteiger charge is -2.35. The molecule has 0 aromatic heterocycles. The van der Waals surface area contributed by atoms with Gasteiger partial charge in [0.25, 0.3) is 11.8 Å². The van der Waals surface area contributed by atoms with Gasteiger partial charge in [-0.05, 0) is 38.1 Å². The van der Waals surface area contributed by atoms with Gasteiger partial charge in [-0.2, -0.15) is 0 Å².